The first-order chi connectivity index (χ1) is 9.22. The number of benzene rings is 1. The van der Waals surface area contributed by atoms with Crippen LogP contribution in [0.5, 0.6) is 5.88 Å². The van der Waals surface area contributed by atoms with Crippen LogP contribution in [0.25, 0.3) is 0 Å². The Bertz CT molecular complexity index is 601. The Hall–Kier alpha value is -2.37. The van der Waals surface area contributed by atoms with E-state index in [0.717, 1.165) is 13.0 Å². The van der Waals surface area contributed by atoms with Gasteiger partial charge in [-0.3, -0.25) is 4.79 Å². The molecule has 3 rings (SSSR count). The number of amides is 1. The van der Waals surface area contributed by atoms with Crippen LogP contribution in [0.1, 0.15) is 16.9 Å². The summed E-state index contributed by atoms with van der Waals surface area (Å²) in [5.74, 6) is -0.183. The molecule has 0 fully saturated rings. The molecule has 0 radical (unpaired) electrons. The molecule has 1 amide bonds. The Labute approximate surface area is 109 Å². The van der Waals surface area contributed by atoms with Gasteiger partial charge in [-0.25, -0.2) is 9.07 Å². The lowest BCUT2D eigenvalue weighted by Gasteiger charge is -2.13. The highest BCUT2D eigenvalue weighted by Gasteiger charge is 2.17. The number of carbonyl (C=O) groups is 1. The van der Waals surface area contributed by atoms with E-state index in [2.05, 4.69) is 10.4 Å². The summed E-state index contributed by atoms with van der Waals surface area (Å²) >= 11 is 0. The normalized spacial score (nSPS) is 13.5. The predicted molar refractivity (Wildman–Crippen MR) is 66.7 cm³/mol. The highest BCUT2D eigenvalue weighted by molar-refractivity contribution is 6.03. The molecule has 1 aromatic carbocycles. The highest BCUT2D eigenvalue weighted by atomic mass is 19.1. The van der Waals surface area contributed by atoms with E-state index in [4.69, 9.17) is 4.74 Å². The van der Waals surface area contributed by atoms with Crippen molar-refractivity contribution in [2.45, 2.75) is 13.0 Å². The van der Waals surface area contributed by atoms with Crippen LogP contribution in [0, 0.1) is 5.82 Å². The standard InChI is InChI=1S/C13H12FN3O2/c14-9-3-1-4-10(7-9)15-13(18)11-8-12-17(16-11)5-2-6-19-12/h1,3-4,7-8H,2,5-6H2,(H,15,18). The first kappa shape index (κ1) is 11.7. The van der Waals surface area contributed by atoms with Crippen LogP contribution in [-0.4, -0.2) is 22.3 Å². The van der Waals surface area contributed by atoms with Gasteiger partial charge in [0, 0.05) is 24.7 Å². The number of ether oxygens (including phenoxy) is 1. The minimum atomic E-state index is -0.398. The summed E-state index contributed by atoms with van der Waals surface area (Å²) in [4.78, 5) is 12.0. The second-order valence-electron chi connectivity index (χ2n) is 4.26. The third-order valence-corrected chi connectivity index (χ3v) is 2.82. The minimum Gasteiger partial charge on any atom is -0.478 e. The molecule has 2 heterocycles. The molecular formula is C13H12FN3O2. The van der Waals surface area contributed by atoms with Crippen molar-refractivity contribution in [3.8, 4) is 5.88 Å². The lowest BCUT2D eigenvalue weighted by atomic mass is 10.3. The van der Waals surface area contributed by atoms with Gasteiger partial charge in [0.2, 0.25) is 5.88 Å². The maximum atomic E-state index is 13.0. The van der Waals surface area contributed by atoms with Gasteiger partial charge in [0.1, 0.15) is 5.82 Å². The Balaban J connectivity index is 1.78. The number of hydrogen-bond acceptors (Lipinski definition) is 3. The molecule has 5 nitrogen and oxygen atoms in total. The van der Waals surface area contributed by atoms with E-state index in [1.807, 2.05) is 0 Å². The second-order valence-corrected chi connectivity index (χ2v) is 4.26. The van der Waals surface area contributed by atoms with Gasteiger partial charge in [-0.2, -0.15) is 5.10 Å². The lowest BCUT2D eigenvalue weighted by Crippen LogP contribution is -2.16. The summed E-state index contributed by atoms with van der Waals surface area (Å²) in [6.07, 6.45) is 0.875. The lowest BCUT2D eigenvalue weighted by molar-refractivity contribution is 0.102. The molecule has 1 aromatic heterocycles. The topological polar surface area (TPSA) is 56.2 Å². The zero-order valence-electron chi connectivity index (χ0n) is 10.1. The van der Waals surface area contributed by atoms with E-state index < -0.39 is 5.82 Å². The van der Waals surface area contributed by atoms with E-state index in [1.54, 1.807) is 16.8 Å². The fourth-order valence-corrected chi connectivity index (χ4v) is 1.94. The third-order valence-electron chi connectivity index (χ3n) is 2.82. The SMILES string of the molecule is O=C(Nc1cccc(F)c1)c1cc2n(n1)CCCO2. The molecule has 0 saturated carbocycles. The Kier molecular flexibility index (Phi) is 2.91. The maximum absolute atomic E-state index is 13.0. The van der Waals surface area contributed by atoms with Crippen LogP contribution in [0.4, 0.5) is 10.1 Å². The molecule has 0 aliphatic carbocycles. The van der Waals surface area contributed by atoms with Gasteiger partial charge >= 0.3 is 0 Å². The molecule has 1 N–H and O–H groups in total. The van der Waals surface area contributed by atoms with Gasteiger partial charge in [-0.15, -0.1) is 0 Å². The van der Waals surface area contributed by atoms with Gasteiger partial charge < -0.3 is 10.1 Å². The number of halogens is 1. The van der Waals surface area contributed by atoms with E-state index in [1.165, 1.54) is 18.2 Å². The number of fused-ring (bicyclic) bond motifs is 1. The highest BCUT2D eigenvalue weighted by Crippen LogP contribution is 2.19. The molecule has 1 aliphatic rings. The van der Waals surface area contributed by atoms with Crippen LogP contribution in [-0.2, 0) is 6.54 Å². The van der Waals surface area contributed by atoms with Crippen molar-refractivity contribution in [1.29, 1.82) is 0 Å². The van der Waals surface area contributed by atoms with E-state index in [0.29, 0.717) is 18.2 Å². The summed E-state index contributed by atoms with van der Waals surface area (Å²) in [7, 11) is 0. The number of rotatable bonds is 2. The molecule has 1 aliphatic heterocycles. The zero-order chi connectivity index (χ0) is 13.2. The van der Waals surface area contributed by atoms with Crippen LogP contribution in [0.15, 0.2) is 30.3 Å². The average Bonchev–Trinajstić information content (AvgIpc) is 2.82. The summed E-state index contributed by atoms with van der Waals surface area (Å²) in [5.41, 5.74) is 0.665. The predicted octanol–water partition coefficient (Wildman–Crippen LogP) is 2.06. The molecule has 19 heavy (non-hydrogen) atoms. The number of carbonyl (C=O) groups excluding carboxylic acids is 1. The Morgan fingerprint density at radius 2 is 2.32 bits per heavy atom. The third kappa shape index (κ3) is 2.42. The minimum absolute atomic E-state index is 0.265. The molecule has 0 spiro atoms. The number of nitrogens with one attached hydrogen (secondary N) is 1. The van der Waals surface area contributed by atoms with Gasteiger partial charge in [0.15, 0.2) is 5.69 Å². The van der Waals surface area contributed by atoms with Crippen LogP contribution < -0.4 is 10.1 Å². The molecule has 2 aromatic rings. The van der Waals surface area contributed by atoms with Crippen molar-refractivity contribution >= 4 is 11.6 Å². The van der Waals surface area contributed by atoms with Crippen LogP contribution >= 0.6 is 0 Å². The van der Waals surface area contributed by atoms with E-state index in [-0.39, 0.29) is 11.6 Å². The van der Waals surface area contributed by atoms with Gasteiger partial charge in [0.05, 0.1) is 6.61 Å². The van der Waals surface area contributed by atoms with Crippen molar-refractivity contribution in [2.24, 2.45) is 0 Å². The van der Waals surface area contributed by atoms with Crippen LogP contribution in [0.3, 0.4) is 0 Å². The van der Waals surface area contributed by atoms with Gasteiger partial charge in [-0.1, -0.05) is 6.07 Å². The number of anilines is 1. The molecule has 0 unspecified atom stereocenters. The van der Waals surface area contributed by atoms with Crippen molar-refractivity contribution in [3.63, 3.8) is 0 Å². The first-order valence-corrected chi connectivity index (χ1v) is 6.00. The fourth-order valence-electron chi connectivity index (χ4n) is 1.94. The monoisotopic (exact) mass is 261 g/mol. The molecule has 98 valence electrons. The van der Waals surface area contributed by atoms with Crippen molar-refractivity contribution in [2.75, 3.05) is 11.9 Å². The van der Waals surface area contributed by atoms with E-state index in [9.17, 15) is 9.18 Å². The van der Waals surface area contributed by atoms with Gasteiger partial charge in [0.25, 0.3) is 5.91 Å². The maximum Gasteiger partial charge on any atom is 0.276 e. The molecule has 0 bridgehead atoms. The van der Waals surface area contributed by atoms with Crippen LogP contribution in [0.2, 0.25) is 0 Å². The van der Waals surface area contributed by atoms with Crippen molar-refractivity contribution < 1.29 is 13.9 Å². The second kappa shape index (κ2) is 4.72. The molecule has 0 atom stereocenters. The number of nitrogens with zero attached hydrogens (tertiary/aromatic N) is 2. The summed E-state index contributed by atoms with van der Waals surface area (Å²) in [5, 5.41) is 6.75. The molecule has 0 saturated heterocycles. The average molecular weight is 261 g/mol. The first-order valence-electron chi connectivity index (χ1n) is 6.00. The van der Waals surface area contributed by atoms with Gasteiger partial charge in [-0.05, 0) is 18.2 Å². The summed E-state index contributed by atoms with van der Waals surface area (Å²) < 4.78 is 20.1. The smallest absolute Gasteiger partial charge is 0.276 e. The fraction of sp³-hybridized carbons (Fsp3) is 0.231. The zero-order valence-corrected chi connectivity index (χ0v) is 10.1. The quantitative estimate of drug-likeness (QED) is 0.900. The Morgan fingerprint density at radius 1 is 1.42 bits per heavy atom. The summed E-state index contributed by atoms with van der Waals surface area (Å²) in [6, 6.07) is 7.32. The van der Waals surface area contributed by atoms with Crippen molar-refractivity contribution in [1.82, 2.24) is 9.78 Å². The number of aromatic nitrogens is 2. The Morgan fingerprint density at radius 3 is 3.11 bits per heavy atom. The number of hydrogen-bond donors (Lipinski definition) is 1. The van der Waals surface area contributed by atoms with Crippen molar-refractivity contribution in [3.05, 3.63) is 41.8 Å². The molecule has 6 heteroatoms. The number of aryl methyl sites for hydroxylation is 1. The van der Waals surface area contributed by atoms with E-state index >= 15 is 0 Å². The largest absolute Gasteiger partial charge is 0.478 e. The summed E-state index contributed by atoms with van der Waals surface area (Å²) in [6.45, 7) is 1.37. The molecular weight excluding hydrogens is 249 g/mol.